The fourth-order valence-corrected chi connectivity index (χ4v) is 5.07. The van der Waals surface area contributed by atoms with Gasteiger partial charge in [0.05, 0.1) is 16.6 Å². The summed E-state index contributed by atoms with van der Waals surface area (Å²) in [6.45, 7) is 7.73. The first-order valence-corrected chi connectivity index (χ1v) is 13.6. The molecule has 0 radical (unpaired) electrons. The third kappa shape index (κ3) is 7.69. The average Bonchev–Trinajstić information content (AvgIpc) is 2.95. The largest absolute Gasteiger partial charge is 0.351 e. The maximum Gasteiger partial charge on any atom is 0.253 e. The molecule has 10 heteroatoms. The highest BCUT2D eigenvalue weighted by atomic mass is 35.5. The van der Waals surface area contributed by atoms with Gasteiger partial charge in [-0.05, 0) is 75.0 Å². The van der Waals surface area contributed by atoms with Crippen LogP contribution in [0.2, 0.25) is 5.02 Å². The maximum absolute atomic E-state index is 12.5. The Labute approximate surface area is 227 Å². The molecule has 1 aliphatic rings. The lowest BCUT2D eigenvalue weighted by molar-refractivity contribution is -0.109. The number of halogens is 1. The Morgan fingerprint density at radius 1 is 1.25 bits per heavy atom. The van der Waals surface area contributed by atoms with Crippen LogP contribution in [0.15, 0.2) is 47.7 Å². The third-order valence-corrected chi connectivity index (χ3v) is 7.50. The summed E-state index contributed by atoms with van der Waals surface area (Å²) in [5, 5.41) is 7.05. The predicted octanol–water partition coefficient (Wildman–Crippen LogP) is 5.34. The Bertz CT molecular complexity index is 1170. The van der Waals surface area contributed by atoms with Crippen molar-refractivity contribution in [1.29, 1.82) is 0 Å². The van der Waals surface area contributed by atoms with Gasteiger partial charge >= 0.3 is 0 Å². The molecule has 1 heterocycles. The number of allylic oxidation sites excluding steroid dienone is 1. The van der Waals surface area contributed by atoms with Gasteiger partial charge in [0.1, 0.15) is 0 Å². The molecule has 1 amide bonds. The molecule has 192 valence electrons. The molecular formula is C26H32ClN5O2S2. The van der Waals surface area contributed by atoms with Crippen molar-refractivity contribution in [1.82, 2.24) is 21.0 Å². The lowest BCUT2D eigenvalue weighted by Crippen LogP contribution is -2.41. The van der Waals surface area contributed by atoms with Crippen LogP contribution in [-0.2, 0) is 11.2 Å². The molecule has 2 aromatic rings. The molecule has 7 nitrogen and oxygen atoms in total. The van der Waals surface area contributed by atoms with Crippen LogP contribution >= 0.6 is 35.6 Å². The van der Waals surface area contributed by atoms with Crippen LogP contribution < -0.4 is 21.5 Å². The van der Waals surface area contributed by atoms with Crippen molar-refractivity contribution in [3.8, 4) is 0 Å². The number of amides is 1. The molecule has 0 saturated carbocycles. The number of nitrogens with zero attached hydrogens (tertiary/aromatic N) is 1. The number of fused-ring (bicyclic) bond motifs is 1. The monoisotopic (exact) mass is 545 g/mol. The van der Waals surface area contributed by atoms with Crippen LogP contribution in [-0.4, -0.2) is 32.9 Å². The van der Waals surface area contributed by atoms with Crippen LogP contribution in [0, 0.1) is 0 Å². The summed E-state index contributed by atoms with van der Waals surface area (Å²) in [6.07, 6.45) is 4.17. The molecule has 1 aromatic heterocycles. The molecule has 3 rings (SSSR count). The summed E-state index contributed by atoms with van der Waals surface area (Å²) in [6, 6.07) is 9.85. The number of pyridine rings is 1. The minimum Gasteiger partial charge on any atom is -0.351 e. The number of benzene rings is 1. The average molecular weight is 546 g/mol. The van der Waals surface area contributed by atoms with Gasteiger partial charge in [0, 0.05) is 24.9 Å². The van der Waals surface area contributed by atoms with E-state index in [0.29, 0.717) is 28.7 Å². The SMILES string of the molecule is CC(=O)SCCC(C)NC(=O)c1cnc(NNC(=S)NC2C(C)=C(C)CCc3ccccc32)c(Cl)c1. The molecule has 2 unspecified atom stereocenters. The normalized spacial score (nSPS) is 15.9. The Morgan fingerprint density at radius 3 is 2.72 bits per heavy atom. The first-order valence-electron chi connectivity index (χ1n) is 11.8. The van der Waals surface area contributed by atoms with Crippen LogP contribution in [0.1, 0.15) is 68.1 Å². The van der Waals surface area contributed by atoms with Crippen LogP contribution in [0.3, 0.4) is 0 Å². The van der Waals surface area contributed by atoms with E-state index in [1.54, 1.807) is 6.07 Å². The highest BCUT2D eigenvalue weighted by molar-refractivity contribution is 8.13. The molecule has 1 aromatic carbocycles. The smallest absolute Gasteiger partial charge is 0.253 e. The minimum absolute atomic E-state index is 0.0316. The van der Waals surface area contributed by atoms with Crippen LogP contribution in [0.25, 0.3) is 0 Å². The Hall–Kier alpha value is -2.62. The van der Waals surface area contributed by atoms with E-state index in [4.69, 9.17) is 23.8 Å². The number of aryl methyl sites for hydroxylation is 1. The number of aromatic nitrogens is 1. The fourth-order valence-electron chi connectivity index (χ4n) is 3.92. The van der Waals surface area contributed by atoms with Gasteiger partial charge in [-0.3, -0.25) is 20.4 Å². The van der Waals surface area contributed by atoms with E-state index in [-0.39, 0.29) is 28.1 Å². The van der Waals surface area contributed by atoms with Gasteiger partial charge in [-0.25, -0.2) is 4.98 Å². The number of hydrazine groups is 1. The molecule has 1 aliphatic carbocycles. The van der Waals surface area contributed by atoms with Gasteiger partial charge in [-0.15, -0.1) is 0 Å². The van der Waals surface area contributed by atoms with E-state index >= 15 is 0 Å². The van der Waals surface area contributed by atoms with E-state index in [1.807, 2.05) is 13.0 Å². The lowest BCUT2D eigenvalue weighted by atomic mass is 9.96. The van der Waals surface area contributed by atoms with E-state index in [1.165, 1.54) is 47.2 Å². The van der Waals surface area contributed by atoms with Crippen LogP contribution in [0.4, 0.5) is 5.82 Å². The fraction of sp³-hybridized carbons (Fsp3) is 0.385. The second-order valence-electron chi connectivity index (χ2n) is 8.88. The van der Waals surface area contributed by atoms with E-state index < -0.39 is 0 Å². The molecule has 0 bridgehead atoms. The summed E-state index contributed by atoms with van der Waals surface area (Å²) in [7, 11) is 0. The number of anilines is 1. The van der Waals surface area contributed by atoms with Crippen molar-refractivity contribution >= 4 is 57.5 Å². The number of hydrogen-bond acceptors (Lipinski definition) is 6. The quantitative estimate of drug-likeness (QED) is 0.201. The van der Waals surface area contributed by atoms with Gasteiger partial charge in [0.25, 0.3) is 5.91 Å². The predicted molar refractivity (Wildman–Crippen MR) is 152 cm³/mol. The highest BCUT2D eigenvalue weighted by Crippen LogP contribution is 2.32. The van der Waals surface area contributed by atoms with Crippen molar-refractivity contribution in [2.75, 3.05) is 11.2 Å². The van der Waals surface area contributed by atoms with Gasteiger partial charge in [-0.1, -0.05) is 53.2 Å². The molecule has 4 N–H and O–H groups in total. The third-order valence-electron chi connectivity index (χ3n) is 6.15. The number of rotatable bonds is 8. The van der Waals surface area contributed by atoms with Gasteiger partial charge in [-0.2, -0.15) is 0 Å². The maximum atomic E-state index is 12.5. The second-order valence-corrected chi connectivity index (χ2v) is 11.0. The Morgan fingerprint density at radius 2 is 2.00 bits per heavy atom. The van der Waals surface area contributed by atoms with Crippen molar-refractivity contribution < 1.29 is 9.59 Å². The summed E-state index contributed by atoms with van der Waals surface area (Å²) in [5.41, 5.74) is 11.4. The van der Waals surface area contributed by atoms with E-state index in [9.17, 15) is 9.59 Å². The van der Waals surface area contributed by atoms with Crippen molar-refractivity contribution in [2.24, 2.45) is 0 Å². The topological polar surface area (TPSA) is 95.2 Å². The number of thioether (sulfide) groups is 1. The van der Waals surface area contributed by atoms with E-state index in [2.05, 4.69) is 58.5 Å². The second kappa shape index (κ2) is 13.1. The number of nitrogens with one attached hydrogen (secondary N) is 4. The zero-order valence-electron chi connectivity index (χ0n) is 20.9. The molecule has 0 fully saturated rings. The van der Waals surface area contributed by atoms with Crippen molar-refractivity contribution in [3.05, 3.63) is 69.4 Å². The van der Waals surface area contributed by atoms with Gasteiger partial charge in [0.2, 0.25) is 0 Å². The number of carbonyl (C=O) groups excluding carboxylic acids is 2. The van der Waals surface area contributed by atoms with Crippen molar-refractivity contribution in [2.45, 2.75) is 59.0 Å². The Kier molecular flexibility index (Phi) is 10.2. The molecule has 2 atom stereocenters. The summed E-state index contributed by atoms with van der Waals surface area (Å²) >= 11 is 13.2. The lowest BCUT2D eigenvalue weighted by Gasteiger charge is -2.24. The summed E-state index contributed by atoms with van der Waals surface area (Å²) in [4.78, 5) is 27.9. The highest BCUT2D eigenvalue weighted by Gasteiger charge is 2.22. The summed E-state index contributed by atoms with van der Waals surface area (Å²) in [5.74, 6) is 0.735. The van der Waals surface area contributed by atoms with Crippen molar-refractivity contribution in [3.63, 3.8) is 0 Å². The summed E-state index contributed by atoms with van der Waals surface area (Å²) < 4.78 is 0. The number of thiocarbonyl (C=S) groups is 1. The molecule has 0 saturated heterocycles. The number of carbonyl (C=O) groups is 2. The zero-order chi connectivity index (χ0) is 26.2. The molecule has 36 heavy (non-hydrogen) atoms. The number of hydrogen-bond donors (Lipinski definition) is 4. The van der Waals surface area contributed by atoms with Crippen LogP contribution in [0.5, 0.6) is 0 Å². The van der Waals surface area contributed by atoms with E-state index in [0.717, 1.165) is 12.8 Å². The zero-order valence-corrected chi connectivity index (χ0v) is 23.3. The van der Waals surface area contributed by atoms with Gasteiger partial charge < -0.3 is 10.6 Å². The standard InChI is InChI=1S/C26H32ClN5O2S2/c1-15-9-10-19-7-5-6-8-21(19)23(17(15)3)30-26(35)32-31-24-22(27)13-20(14-28-24)25(34)29-16(2)11-12-36-18(4)33/h5-8,13-14,16,23H,9-12H2,1-4H3,(H,28,31)(H,29,34)(H2,30,32,35). The molecule has 0 aliphatic heterocycles. The minimum atomic E-state index is -0.272. The first-order chi connectivity index (χ1) is 17.2. The van der Waals surface area contributed by atoms with Gasteiger partial charge in [0.15, 0.2) is 16.0 Å². The molecule has 0 spiro atoms. The Balaban J connectivity index is 1.58. The molecular weight excluding hydrogens is 514 g/mol. The first kappa shape index (κ1) is 28.0.